The number of ketones is 1. The van der Waals surface area contributed by atoms with E-state index in [4.69, 9.17) is 9.47 Å². The number of hydrogen-bond acceptors (Lipinski definition) is 8. The molecule has 4 saturated carbocycles. The summed E-state index contributed by atoms with van der Waals surface area (Å²) >= 11 is 1.63. The Morgan fingerprint density at radius 2 is 1.74 bits per heavy atom. The number of hydrogen-bond donors (Lipinski definition) is 3. The fourth-order valence-corrected chi connectivity index (χ4v) is 10.2. The average Bonchev–Trinajstić information content (AvgIpc) is 3.35. The van der Waals surface area contributed by atoms with Gasteiger partial charge < -0.3 is 25.2 Å². The van der Waals surface area contributed by atoms with E-state index in [1.54, 1.807) is 32.5 Å². The summed E-state index contributed by atoms with van der Waals surface area (Å²) in [6.45, 7) is 18.4. The third-order valence-corrected chi connectivity index (χ3v) is 13.5. The second kappa shape index (κ2) is 14.2. The van der Waals surface area contributed by atoms with Crippen LogP contribution in [0, 0.1) is 39.9 Å². The number of nitrogens with one attached hydrogen (secondary N) is 2. The number of aliphatic hydroxyl groups is 1. The molecule has 0 aliphatic heterocycles. The van der Waals surface area contributed by atoms with Crippen LogP contribution in [0.25, 0.3) is 0 Å². The van der Waals surface area contributed by atoms with Gasteiger partial charge in [-0.25, -0.2) is 4.79 Å². The molecule has 4 fully saturated rings. The standard InChI is InChI=1S/C36H58N2O7S/c1-9-34(7)18-27(35(8)22(2)14-16-36(23(3)31(34)42)17-15-26(39)30(35)36)44-29(41)21-46-25-12-10-24(11-13-25)19-37-28(40)20-38-32(43)45-33(4,5)6/h9,22-25,27,30-31,42H,1,10-21H2,2-8H3,(H,37,40)(H,38,43)/t22-,23+,24?,25?,27-,30?,31+,34+,35+,36+/m1/s1. The Labute approximate surface area is 280 Å². The van der Waals surface area contributed by atoms with E-state index in [2.05, 4.69) is 38.0 Å². The molecule has 0 saturated heterocycles. The van der Waals surface area contributed by atoms with Crippen LogP contribution in [0.2, 0.25) is 0 Å². The second-order valence-electron chi connectivity index (χ2n) is 16.2. The first-order valence-corrected chi connectivity index (χ1v) is 18.4. The van der Waals surface area contributed by atoms with Gasteiger partial charge in [0.2, 0.25) is 5.91 Å². The van der Waals surface area contributed by atoms with Gasteiger partial charge in [-0.1, -0.05) is 33.8 Å². The molecule has 260 valence electrons. The maximum Gasteiger partial charge on any atom is 0.408 e. The number of alkyl carbamates (subject to hydrolysis) is 1. The van der Waals surface area contributed by atoms with Crippen molar-refractivity contribution < 1.29 is 33.8 Å². The van der Waals surface area contributed by atoms with E-state index in [1.807, 2.05) is 13.0 Å². The lowest BCUT2D eigenvalue weighted by Crippen LogP contribution is -2.63. The van der Waals surface area contributed by atoms with E-state index in [9.17, 15) is 24.3 Å². The minimum Gasteiger partial charge on any atom is -0.461 e. The van der Waals surface area contributed by atoms with Gasteiger partial charge in [0.15, 0.2) is 0 Å². The summed E-state index contributed by atoms with van der Waals surface area (Å²) in [5.74, 6) is 0.290. The van der Waals surface area contributed by atoms with E-state index in [-0.39, 0.29) is 53.1 Å². The van der Waals surface area contributed by atoms with Crippen LogP contribution >= 0.6 is 11.8 Å². The Bertz CT molecular complexity index is 1160. The first-order valence-electron chi connectivity index (χ1n) is 17.3. The predicted molar refractivity (Wildman–Crippen MR) is 180 cm³/mol. The molecular weight excluding hydrogens is 604 g/mol. The summed E-state index contributed by atoms with van der Waals surface area (Å²) in [6, 6.07) is 0. The van der Waals surface area contributed by atoms with Crippen molar-refractivity contribution in [1.82, 2.24) is 10.6 Å². The number of thioether (sulfide) groups is 1. The highest BCUT2D eigenvalue weighted by atomic mass is 32.2. The van der Waals surface area contributed by atoms with Crippen LogP contribution in [0.3, 0.4) is 0 Å². The molecule has 1 unspecified atom stereocenters. The van der Waals surface area contributed by atoms with Crippen LogP contribution in [-0.4, -0.2) is 70.8 Å². The number of carbonyl (C=O) groups is 4. The Balaban J connectivity index is 1.30. The molecule has 0 radical (unpaired) electrons. The van der Waals surface area contributed by atoms with Crippen molar-refractivity contribution in [2.75, 3.05) is 18.8 Å². The van der Waals surface area contributed by atoms with Gasteiger partial charge in [0, 0.05) is 35.0 Å². The lowest BCUT2D eigenvalue weighted by molar-refractivity contribution is -0.205. The highest BCUT2D eigenvalue weighted by molar-refractivity contribution is 8.00. The van der Waals surface area contributed by atoms with Gasteiger partial charge in [0.05, 0.1) is 18.4 Å². The normalized spacial score (nSPS) is 39.3. The van der Waals surface area contributed by atoms with Gasteiger partial charge in [-0.3, -0.25) is 14.4 Å². The molecule has 4 rings (SSSR count). The fraction of sp³-hybridized carbons (Fsp3) is 0.833. The van der Waals surface area contributed by atoms with Crippen LogP contribution in [0.1, 0.15) is 106 Å². The third-order valence-electron chi connectivity index (χ3n) is 12.2. The van der Waals surface area contributed by atoms with Crippen molar-refractivity contribution in [2.45, 2.75) is 129 Å². The van der Waals surface area contributed by atoms with E-state index in [0.29, 0.717) is 30.6 Å². The van der Waals surface area contributed by atoms with Gasteiger partial charge in [0.1, 0.15) is 17.5 Å². The number of aliphatic hydroxyl groups excluding tert-OH is 1. The van der Waals surface area contributed by atoms with Crippen LogP contribution < -0.4 is 10.6 Å². The molecule has 0 aromatic rings. The Kier molecular flexibility index (Phi) is 11.3. The average molecular weight is 663 g/mol. The molecule has 0 spiro atoms. The first-order chi connectivity index (χ1) is 21.4. The largest absolute Gasteiger partial charge is 0.461 e. The van der Waals surface area contributed by atoms with E-state index < -0.39 is 34.7 Å². The van der Waals surface area contributed by atoms with E-state index >= 15 is 0 Å². The fourth-order valence-electron chi connectivity index (χ4n) is 9.17. The molecule has 2 bridgehead atoms. The number of Topliss-reactive ketones (excluding diaryl/α,β-unsaturated/α-hetero) is 1. The molecule has 10 heteroatoms. The van der Waals surface area contributed by atoms with Crippen molar-refractivity contribution in [3.63, 3.8) is 0 Å². The van der Waals surface area contributed by atoms with Gasteiger partial charge in [-0.05, 0) is 95.3 Å². The molecule has 3 N–H and O–H groups in total. The van der Waals surface area contributed by atoms with E-state index in [0.717, 1.165) is 44.9 Å². The highest BCUT2D eigenvalue weighted by Crippen LogP contribution is 2.68. The summed E-state index contributed by atoms with van der Waals surface area (Å²) in [5.41, 5.74) is -2.05. The molecule has 8 atom stereocenters. The number of carbonyl (C=O) groups excluding carboxylic acids is 4. The molecule has 2 amide bonds. The lowest BCUT2D eigenvalue weighted by Gasteiger charge is -2.61. The zero-order valence-corrected chi connectivity index (χ0v) is 29.9. The van der Waals surface area contributed by atoms with Crippen molar-refractivity contribution in [3.8, 4) is 0 Å². The Morgan fingerprint density at radius 1 is 1.07 bits per heavy atom. The molecule has 0 aromatic heterocycles. The molecule has 4 aliphatic carbocycles. The molecule has 0 heterocycles. The topological polar surface area (TPSA) is 131 Å². The zero-order valence-electron chi connectivity index (χ0n) is 29.1. The summed E-state index contributed by atoms with van der Waals surface area (Å²) in [6.07, 6.45) is 7.48. The van der Waals surface area contributed by atoms with E-state index in [1.165, 1.54) is 0 Å². The van der Waals surface area contributed by atoms with Crippen molar-refractivity contribution in [2.24, 2.45) is 39.9 Å². The van der Waals surface area contributed by atoms with Crippen LogP contribution in [0.4, 0.5) is 4.79 Å². The SMILES string of the molecule is C=C[C@@]1(C)C[C@@H](OC(=O)CSC2CCC(CNC(=O)CNC(=O)OC(C)(C)C)CC2)[C@@]2(C)C3C(=O)CC[C@@]3(CC[C@H]2C)[C@@H](C)[C@@H]1O. The summed E-state index contributed by atoms with van der Waals surface area (Å²) in [5, 5.41) is 17.4. The predicted octanol–water partition coefficient (Wildman–Crippen LogP) is 5.83. The summed E-state index contributed by atoms with van der Waals surface area (Å²) < 4.78 is 11.6. The number of amides is 2. The third kappa shape index (κ3) is 7.63. The molecule has 9 nitrogen and oxygen atoms in total. The van der Waals surface area contributed by atoms with Gasteiger partial charge >= 0.3 is 12.1 Å². The first kappa shape index (κ1) is 36.8. The molecule has 0 aromatic carbocycles. The van der Waals surface area contributed by atoms with Crippen LogP contribution in [0.15, 0.2) is 12.7 Å². The Morgan fingerprint density at radius 3 is 2.37 bits per heavy atom. The molecule has 46 heavy (non-hydrogen) atoms. The van der Waals surface area contributed by atoms with Crippen LogP contribution in [0.5, 0.6) is 0 Å². The zero-order chi connectivity index (χ0) is 34.1. The van der Waals surface area contributed by atoms with Crippen LogP contribution in [-0.2, 0) is 23.9 Å². The smallest absolute Gasteiger partial charge is 0.408 e. The summed E-state index contributed by atoms with van der Waals surface area (Å²) in [7, 11) is 0. The van der Waals surface area contributed by atoms with Gasteiger partial charge in [0.25, 0.3) is 0 Å². The number of ether oxygens (including phenoxy) is 2. The molecule has 4 aliphatic rings. The van der Waals surface area contributed by atoms with Gasteiger partial charge in [-0.15, -0.1) is 18.3 Å². The summed E-state index contributed by atoms with van der Waals surface area (Å²) in [4.78, 5) is 51.1. The van der Waals surface area contributed by atoms with Crippen molar-refractivity contribution in [1.29, 1.82) is 0 Å². The van der Waals surface area contributed by atoms with Gasteiger partial charge in [-0.2, -0.15) is 0 Å². The maximum absolute atomic E-state index is 13.6. The quantitative estimate of drug-likeness (QED) is 0.208. The number of rotatable bonds is 9. The Hall–Kier alpha value is -2.07. The second-order valence-corrected chi connectivity index (χ2v) is 17.5. The number of esters is 1. The monoisotopic (exact) mass is 662 g/mol. The maximum atomic E-state index is 13.6. The highest BCUT2D eigenvalue weighted by Gasteiger charge is 2.68. The van der Waals surface area contributed by atoms with Crippen molar-refractivity contribution in [3.05, 3.63) is 12.7 Å². The minimum absolute atomic E-state index is 0.0525. The van der Waals surface area contributed by atoms with Crippen molar-refractivity contribution >= 4 is 35.5 Å². The molecular formula is C36H58N2O7S. The minimum atomic E-state index is -0.673. The lowest BCUT2D eigenvalue weighted by atomic mass is 9.44.